The van der Waals surface area contributed by atoms with E-state index >= 15 is 0 Å². The molecule has 0 aliphatic rings. The monoisotopic (exact) mass is 359 g/mol. The molecule has 0 saturated heterocycles. The zero-order valence-electron chi connectivity index (χ0n) is 16.2. The van der Waals surface area contributed by atoms with Crippen molar-refractivity contribution in [2.24, 2.45) is 5.92 Å². The molecule has 3 rings (SSSR count). The fourth-order valence-electron chi connectivity index (χ4n) is 3.66. The maximum Gasteiger partial charge on any atom is 0.130 e. The van der Waals surface area contributed by atoms with Crippen LogP contribution in [0.25, 0.3) is 0 Å². The smallest absolute Gasteiger partial charge is 0.130 e. The Morgan fingerprint density at radius 1 is 0.741 bits per heavy atom. The van der Waals surface area contributed by atoms with Gasteiger partial charge in [0.05, 0.1) is 0 Å². The Morgan fingerprint density at radius 2 is 1.19 bits per heavy atom. The molecule has 2 heteroatoms. The Kier molecular flexibility index (Phi) is 6.44. The number of benzene rings is 3. The summed E-state index contributed by atoms with van der Waals surface area (Å²) in [4.78, 5) is 0. The first kappa shape index (κ1) is 19.3. The van der Waals surface area contributed by atoms with Gasteiger partial charge in [0.25, 0.3) is 0 Å². The number of hydrogen-bond acceptors (Lipinski definition) is 2. The van der Waals surface area contributed by atoms with Gasteiger partial charge in [-0.3, -0.25) is 0 Å². The van der Waals surface area contributed by atoms with E-state index in [2.05, 4.69) is 43.4 Å². The molecule has 0 aliphatic heterocycles. The van der Waals surface area contributed by atoms with Crippen molar-refractivity contribution >= 4 is 0 Å². The fourth-order valence-corrected chi connectivity index (χ4v) is 3.66. The maximum absolute atomic E-state index is 12.1. The summed E-state index contributed by atoms with van der Waals surface area (Å²) < 4.78 is 0. The van der Waals surface area contributed by atoms with Crippen LogP contribution in [-0.2, 0) is 12.1 Å². The van der Waals surface area contributed by atoms with Crippen molar-refractivity contribution in [2.45, 2.75) is 38.5 Å². The van der Waals surface area contributed by atoms with Crippen molar-refractivity contribution < 1.29 is 5.11 Å². The Bertz CT molecular complexity index is 760. The molecule has 0 amide bonds. The summed E-state index contributed by atoms with van der Waals surface area (Å²) in [6.45, 7) is 5.13. The number of rotatable bonds is 8. The average Bonchev–Trinajstić information content (AvgIpc) is 2.72. The normalized spacial score (nSPS) is 12.9. The Balaban J connectivity index is 1.99. The average molecular weight is 360 g/mol. The second kappa shape index (κ2) is 8.98. The van der Waals surface area contributed by atoms with Gasteiger partial charge in [0.15, 0.2) is 0 Å². The molecule has 2 nitrogen and oxygen atoms in total. The summed E-state index contributed by atoms with van der Waals surface area (Å²) in [6.07, 6.45) is 0.868. The highest BCUT2D eigenvalue weighted by Gasteiger charge is 2.40. The van der Waals surface area contributed by atoms with E-state index in [-0.39, 0.29) is 6.04 Å². The van der Waals surface area contributed by atoms with Gasteiger partial charge in [-0.2, -0.15) is 0 Å². The van der Waals surface area contributed by atoms with Crippen LogP contribution in [-0.4, -0.2) is 11.1 Å². The van der Waals surface area contributed by atoms with E-state index in [1.54, 1.807) is 0 Å². The second-order valence-corrected chi connectivity index (χ2v) is 7.55. The van der Waals surface area contributed by atoms with E-state index in [9.17, 15) is 5.11 Å². The van der Waals surface area contributed by atoms with Crippen molar-refractivity contribution in [3.63, 3.8) is 0 Å². The SMILES string of the molecule is CC(C)CC(NCc1ccccc1)C(O)(c1ccccc1)c1ccccc1. The number of hydrogen-bond donors (Lipinski definition) is 2. The lowest BCUT2D eigenvalue weighted by atomic mass is 9.77. The predicted molar refractivity (Wildman–Crippen MR) is 112 cm³/mol. The number of nitrogens with one attached hydrogen (secondary N) is 1. The van der Waals surface area contributed by atoms with E-state index < -0.39 is 5.60 Å². The van der Waals surface area contributed by atoms with Gasteiger partial charge in [-0.1, -0.05) is 105 Å². The van der Waals surface area contributed by atoms with Crippen molar-refractivity contribution in [3.05, 3.63) is 108 Å². The third-order valence-electron chi connectivity index (χ3n) is 5.03. The fraction of sp³-hybridized carbons (Fsp3) is 0.280. The topological polar surface area (TPSA) is 32.3 Å². The van der Waals surface area contributed by atoms with Gasteiger partial charge in [-0.25, -0.2) is 0 Å². The summed E-state index contributed by atoms with van der Waals surface area (Å²) in [6, 6.07) is 30.3. The van der Waals surface area contributed by atoms with Crippen LogP contribution in [0.4, 0.5) is 0 Å². The molecule has 27 heavy (non-hydrogen) atoms. The van der Waals surface area contributed by atoms with Gasteiger partial charge in [0, 0.05) is 12.6 Å². The first-order chi connectivity index (χ1) is 13.1. The molecular weight excluding hydrogens is 330 g/mol. The molecule has 1 atom stereocenters. The molecule has 0 bridgehead atoms. The molecule has 3 aromatic rings. The second-order valence-electron chi connectivity index (χ2n) is 7.55. The molecule has 0 spiro atoms. The van der Waals surface area contributed by atoms with Gasteiger partial charge in [-0.05, 0) is 29.0 Å². The molecule has 0 heterocycles. The molecule has 2 N–H and O–H groups in total. The van der Waals surface area contributed by atoms with Crippen molar-refractivity contribution in [2.75, 3.05) is 0 Å². The Labute approximate surface area is 162 Å². The highest BCUT2D eigenvalue weighted by Crippen LogP contribution is 2.35. The molecule has 0 fully saturated rings. The lowest BCUT2D eigenvalue weighted by molar-refractivity contribution is 0.0281. The van der Waals surface area contributed by atoms with Crippen LogP contribution in [0, 0.1) is 5.92 Å². The lowest BCUT2D eigenvalue weighted by Gasteiger charge is -2.39. The quantitative estimate of drug-likeness (QED) is 0.584. The highest BCUT2D eigenvalue weighted by molar-refractivity contribution is 5.38. The summed E-state index contributed by atoms with van der Waals surface area (Å²) in [5.41, 5.74) is 1.96. The third-order valence-corrected chi connectivity index (χ3v) is 5.03. The zero-order chi connectivity index (χ0) is 19.1. The lowest BCUT2D eigenvalue weighted by Crippen LogP contribution is -2.49. The van der Waals surface area contributed by atoms with Crippen LogP contribution in [0.2, 0.25) is 0 Å². The van der Waals surface area contributed by atoms with Gasteiger partial charge in [0.1, 0.15) is 5.60 Å². The van der Waals surface area contributed by atoms with E-state index in [4.69, 9.17) is 0 Å². The molecular formula is C25H29NO. The van der Waals surface area contributed by atoms with Crippen LogP contribution in [0.1, 0.15) is 37.0 Å². The highest BCUT2D eigenvalue weighted by atomic mass is 16.3. The Morgan fingerprint density at radius 3 is 1.63 bits per heavy atom. The molecule has 140 valence electrons. The van der Waals surface area contributed by atoms with Gasteiger partial charge >= 0.3 is 0 Å². The largest absolute Gasteiger partial charge is 0.379 e. The first-order valence-corrected chi connectivity index (χ1v) is 9.71. The molecule has 0 radical (unpaired) electrons. The van der Waals surface area contributed by atoms with E-state index in [1.807, 2.05) is 66.7 Å². The minimum Gasteiger partial charge on any atom is -0.379 e. The van der Waals surface area contributed by atoms with Gasteiger partial charge in [0.2, 0.25) is 0 Å². The van der Waals surface area contributed by atoms with Crippen LogP contribution in [0.3, 0.4) is 0 Å². The van der Waals surface area contributed by atoms with E-state index in [1.165, 1.54) is 5.56 Å². The summed E-state index contributed by atoms with van der Waals surface area (Å²) in [7, 11) is 0. The maximum atomic E-state index is 12.1. The van der Waals surface area contributed by atoms with E-state index in [0.717, 1.165) is 24.1 Å². The van der Waals surface area contributed by atoms with Crippen LogP contribution in [0.15, 0.2) is 91.0 Å². The van der Waals surface area contributed by atoms with Crippen LogP contribution in [0.5, 0.6) is 0 Å². The van der Waals surface area contributed by atoms with Crippen molar-refractivity contribution in [3.8, 4) is 0 Å². The van der Waals surface area contributed by atoms with Gasteiger partial charge in [-0.15, -0.1) is 0 Å². The predicted octanol–water partition coefficient (Wildman–Crippen LogP) is 5.13. The van der Waals surface area contributed by atoms with Crippen LogP contribution >= 0.6 is 0 Å². The van der Waals surface area contributed by atoms with Crippen molar-refractivity contribution in [1.82, 2.24) is 5.32 Å². The minimum atomic E-state index is -1.10. The molecule has 0 aromatic heterocycles. The van der Waals surface area contributed by atoms with Crippen molar-refractivity contribution in [1.29, 1.82) is 0 Å². The molecule has 0 aliphatic carbocycles. The molecule has 1 unspecified atom stereocenters. The molecule has 0 saturated carbocycles. The summed E-state index contributed by atoms with van der Waals surface area (Å²) in [5, 5.41) is 15.7. The number of aliphatic hydroxyl groups is 1. The van der Waals surface area contributed by atoms with E-state index in [0.29, 0.717) is 5.92 Å². The standard InChI is InChI=1S/C25H29NO/c1-20(2)18-24(26-19-21-12-6-3-7-13-21)25(27,22-14-8-4-9-15-22)23-16-10-5-11-17-23/h3-17,20,24,26-27H,18-19H2,1-2H3. The Hall–Kier alpha value is -2.42. The molecule has 3 aromatic carbocycles. The summed E-state index contributed by atoms with van der Waals surface area (Å²) >= 11 is 0. The minimum absolute atomic E-state index is 0.109. The zero-order valence-corrected chi connectivity index (χ0v) is 16.2. The summed E-state index contributed by atoms with van der Waals surface area (Å²) in [5.74, 6) is 0.456. The van der Waals surface area contributed by atoms with Gasteiger partial charge < -0.3 is 10.4 Å². The first-order valence-electron chi connectivity index (χ1n) is 9.71. The third kappa shape index (κ3) is 4.65. The van der Waals surface area contributed by atoms with Crippen LogP contribution < -0.4 is 5.32 Å².